The molecule has 0 aromatic rings. The van der Waals surface area contributed by atoms with Gasteiger partial charge in [0.2, 0.25) is 0 Å². The Morgan fingerprint density at radius 1 is 1.25 bits per heavy atom. The van der Waals surface area contributed by atoms with E-state index in [4.69, 9.17) is 0 Å². The molecule has 0 fully saturated rings. The predicted molar refractivity (Wildman–Crippen MR) is 41.5 cm³/mol. The largest absolute Gasteiger partial charge is 0.344 e. The van der Waals surface area contributed by atoms with Crippen molar-refractivity contribution in [1.29, 1.82) is 0 Å². The topological polar surface area (TPSA) is 35.0 Å². The Labute approximate surface area is 53.4 Å². The molecule has 0 aliphatic heterocycles. The van der Waals surface area contributed by atoms with Gasteiger partial charge in [0.05, 0.1) is 0 Å². The molecule has 0 aromatic carbocycles. The van der Waals surface area contributed by atoms with Crippen molar-refractivity contribution in [3.8, 4) is 0 Å². The molecule has 1 nitrogen and oxygen atoms in total. The maximum absolute atomic E-state index is 3.36. The van der Waals surface area contributed by atoms with Crippen molar-refractivity contribution >= 4 is 0 Å². The summed E-state index contributed by atoms with van der Waals surface area (Å²) in [6.45, 7) is 9.61. The Balaban J connectivity index is -0.0000000575. The molecule has 0 aliphatic carbocycles. The summed E-state index contributed by atoms with van der Waals surface area (Å²) in [6, 6.07) is 0. The second-order valence-electron chi connectivity index (χ2n) is 1.41. The van der Waals surface area contributed by atoms with Crippen molar-refractivity contribution in [3.63, 3.8) is 0 Å². The van der Waals surface area contributed by atoms with E-state index in [1.165, 1.54) is 12.8 Å². The van der Waals surface area contributed by atoms with Crippen molar-refractivity contribution in [2.24, 2.45) is 0 Å². The molecule has 0 atom stereocenters. The zero-order chi connectivity index (χ0) is 6.12. The first-order valence-electron chi connectivity index (χ1n) is 2.90. The standard InChI is InChI=1S/C4H10.C3H6.H3N/c1-3-4-2;1-3-2;/h3-4H2,1-2H3;3H,1H2,2H3;1H3. The van der Waals surface area contributed by atoms with Gasteiger partial charge in [0, 0.05) is 0 Å². The number of hydrogen-bond donors (Lipinski definition) is 1. The molecule has 3 N–H and O–H groups in total. The third kappa shape index (κ3) is 257. The van der Waals surface area contributed by atoms with Crippen LogP contribution < -0.4 is 6.15 Å². The third-order valence-corrected chi connectivity index (χ3v) is 0.500. The van der Waals surface area contributed by atoms with Gasteiger partial charge in [-0.2, -0.15) is 0 Å². The van der Waals surface area contributed by atoms with Crippen LogP contribution in [0.2, 0.25) is 0 Å². The average molecular weight is 117 g/mol. The molecule has 0 aromatic heterocycles. The molecule has 0 aliphatic rings. The van der Waals surface area contributed by atoms with Gasteiger partial charge in [0.15, 0.2) is 0 Å². The van der Waals surface area contributed by atoms with E-state index in [-0.39, 0.29) is 6.15 Å². The summed E-state index contributed by atoms with van der Waals surface area (Å²) in [5.41, 5.74) is 0. The first-order chi connectivity index (χ1) is 3.33. The van der Waals surface area contributed by atoms with Crippen molar-refractivity contribution in [2.45, 2.75) is 33.6 Å². The summed E-state index contributed by atoms with van der Waals surface area (Å²) in [5.74, 6) is 0. The summed E-state index contributed by atoms with van der Waals surface area (Å²) in [7, 11) is 0. The lowest BCUT2D eigenvalue weighted by atomic mass is 10.4. The van der Waals surface area contributed by atoms with Gasteiger partial charge < -0.3 is 6.15 Å². The fourth-order valence-corrected chi connectivity index (χ4v) is 0. The molecule has 0 spiro atoms. The lowest BCUT2D eigenvalue weighted by molar-refractivity contribution is 0.886. The van der Waals surface area contributed by atoms with Crippen molar-refractivity contribution in [2.75, 3.05) is 0 Å². The summed E-state index contributed by atoms with van der Waals surface area (Å²) >= 11 is 0. The van der Waals surface area contributed by atoms with E-state index in [0.717, 1.165) is 0 Å². The van der Waals surface area contributed by atoms with Crippen LogP contribution in [0.25, 0.3) is 0 Å². The highest BCUT2D eigenvalue weighted by Crippen LogP contribution is 1.76. The first-order valence-corrected chi connectivity index (χ1v) is 2.90. The van der Waals surface area contributed by atoms with Crippen LogP contribution >= 0.6 is 0 Å². The number of allylic oxidation sites excluding steroid dienone is 1. The van der Waals surface area contributed by atoms with Crippen molar-refractivity contribution in [1.82, 2.24) is 6.15 Å². The predicted octanol–water partition coefficient (Wildman–Crippen LogP) is 3.16. The molecular formula is C7H19N. The molecule has 0 saturated heterocycles. The Morgan fingerprint density at radius 3 is 1.38 bits per heavy atom. The Bertz CT molecular complexity index is 23.6. The maximum Gasteiger partial charge on any atom is -0.0473 e. The highest BCUT2D eigenvalue weighted by atomic mass is 14.0. The first kappa shape index (κ1) is 15.6. The van der Waals surface area contributed by atoms with Crippen LogP contribution in [0.4, 0.5) is 0 Å². The Kier molecular flexibility index (Phi) is 58.4. The average Bonchev–Trinajstić information content (AvgIpc) is 1.69. The van der Waals surface area contributed by atoms with Crippen molar-refractivity contribution in [3.05, 3.63) is 12.7 Å². The van der Waals surface area contributed by atoms with E-state index >= 15 is 0 Å². The van der Waals surface area contributed by atoms with E-state index in [2.05, 4.69) is 20.4 Å². The van der Waals surface area contributed by atoms with Crippen LogP contribution in [-0.4, -0.2) is 0 Å². The number of rotatable bonds is 1. The van der Waals surface area contributed by atoms with Gasteiger partial charge in [-0.3, -0.25) is 0 Å². The Morgan fingerprint density at radius 2 is 1.38 bits per heavy atom. The van der Waals surface area contributed by atoms with Crippen LogP contribution in [0.1, 0.15) is 33.6 Å². The smallest absolute Gasteiger partial charge is 0.0473 e. The van der Waals surface area contributed by atoms with Gasteiger partial charge in [-0.1, -0.05) is 32.8 Å². The van der Waals surface area contributed by atoms with Gasteiger partial charge in [0.1, 0.15) is 0 Å². The second kappa shape index (κ2) is 29.9. The lowest BCUT2D eigenvalue weighted by Gasteiger charge is -1.68. The normalized spacial score (nSPS) is 5.38. The van der Waals surface area contributed by atoms with Crippen LogP contribution in [0.3, 0.4) is 0 Å². The molecule has 0 radical (unpaired) electrons. The fraction of sp³-hybridized carbons (Fsp3) is 0.714. The van der Waals surface area contributed by atoms with Crippen LogP contribution in [-0.2, 0) is 0 Å². The van der Waals surface area contributed by atoms with Gasteiger partial charge in [-0.15, -0.1) is 6.58 Å². The van der Waals surface area contributed by atoms with Gasteiger partial charge >= 0.3 is 0 Å². The maximum atomic E-state index is 3.36. The molecule has 0 unspecified atom stereocenters. The molecule has 52 valence electrons. The zero-order valence-corrected chi connectivity index (χ0v) is 6.41. The van der Waals surface area contributed by atoms with E-state index in [0.29, 0.717) is 0 Å². The quantitative estimate of drug-likeness (QED) is 0.526. The Hall–Kier alpha value is -0.300. The van der Waals surface area contributed by atoms with Gasteiger partial charge in [-0.25, -0.2) is 0 Å². The fourth-order valence-electron chi connectivity index (χ4n) is 0. The molecule has 1 heteroatoms. The van der Waals surface area contributed by atoms with Crippen LogP contribution in [0, 0.1) is 0 Å². The number of unbranched alkanes of at least 4 members (excludes halogenated alkanes) is 1. The minimum Gasteiger partial charge on any atom is -0.344 e. The van der Waals surface area contributed by atoms with Crippen molar-refractivity contribution < 1.29 is 0 Å². The lowest BCUT2D eigenvalue weighted by Crippen LogP contribution is -1.47. The minimum absolute atomic E-state index is 0. The minimum atomic E-state index is 0. The highest BCUT2D eigenvalue weighted by Gasteiger charge is 1.56. The molecule has 0 heterocycles. The SMILES string of the molecule is C=CC.CCCC.N. The van der Waals surface area contributed by atoms with E-state index < -0.39 is 0 Å². The van der Waals surface area contributed by atoms with E-state index in [1.807, 2.05) is 6.92 Å². The summed E-state index contributed by atoms with van der Waals surface area (Å²) in [4.78, 5) is 0. The second-order valence-corrected chi connectivity index (χ2v) is 1.41. The van der Waals surface area contributed by atoms with E-state index in [1.54, 1.807) is 6.08 Å². The monoisotopic (exact) mass is 117 g/mol. The van der Waals surface area contributed by atoms with Gasteiger partial charge in [0.25, 0.3) is 0 Å². The van der Waals surface area contributed by atoms with Crippen LogP contribution in [0.15, 0.2) is 12.7 Å². The third-order valence-electron chi connectivity index (χ3n) is 0.500. The molecule has 0 saturated carbocycles. The molecule has 8 heavy (non-hydrogen) atoms. The van der Waals surface area contributed by atoms with Gasteiger partial charge in [-0.05, 0) is 6.92 Å². The molecule has 0 rings (SSSR count). The van der Waals surface area contributed by atoms with E-state index in [9.17, 15) is 0 Å². The summed E-state index contributed by atoms with van der Waals surface area (Å²) < 4.78 is 0. The zero-order valence-electron chi connectivity index (χ0n) is 6.41. The summed E-state index contributed by atoms with van der Waals surface area (Å²) in [5, 5.41) is 0. The highest BCUT2D eigenvalue weighted by molar-refractivity contribution is 4.51. The summed E-state index contributed by atoms with van der Waals surface area (Å²) in [6.07, 6.45) is 4.39. The van der Waals surface area contributed by atoms with Crippen LogP contribution in [0.5, 0.6) is 0 Å². The molecule has 0 bridgehead atoms. The number of hydrogen-bond acceptors (Lipinski definition) is 1. The molecule has 0 amide bonds. The molecular weight excluding hydrogens is 98.1 g/mol.